The Kier molecular flexibility index (Phi) is 5.37. The van der Waals surface area contributed by atoms with E-state index in [9.17, 15) is 13.2 Å². The third-order valence-electron chi connectivity index (χ3n) is 3.83. The molecule has 0 bridgehead atoms. The minimum Gasteiger partial charge on any atom is -0.335 e. The molecular weight excluding hydrogens is 347 g/mol. The largest absolute Gasteiger partial charge is 0.335 e. The molecule has 1 atom stereocenters. The molecule has 0 radical (unpaired) electrons. The maximum atomic E-state index is 12.4. The monoisotopic (exact) mass is 364 g/mol. The summed E-state index contributed by atoms with van der Waals surface area (Å²) in [5.74, 6) is -0.207. The minimum absolute atomic E-state index is 0.0878. The van der Waals surface area contributed by atoms with Crippen molar-refractivity contribution in [2.75, 3.05) is 26.4 Å². The first-order valence-corrected chi connectivity index (χ1v) is 9.46. The molecule has 0 N–H and O–H groups in total. The lowest BCUT2D eigenvalue weighted by Crippen LogP contribution is -2.40. The normalized spacial score (nSPS) is 19.0. The highest BCUT2D eigenvalue weighted by Gasteiger charge is 2.31. The van der Waals surface area contributed by atoms with Crippen LogP contribution in [-0.4, -0.2) is 49.9 Å². The molecular formula is C14H18Cl2N2O3S. The fraction of sp³-hybridized carbons (Fsp3) is 0.500. The lowest BCUT2D eigenvalue weighted by molar-refractivity contribution is -0.132. The van der Waals surface area contributed by atoms with E-state index in [0.29, 0.717) is 16.6 Å². The van der Waals surface area contributed by atoms with Gasteiger partial charge in [0.05, 0.1) is 28.9 Å². The van der Waals surface area contributed by atoms with E-state index in [-0.39, 0.29) is 18.5 Å². The van der Waals surface area contributed by atoms with Gasteiger partial charge in [0.25, 0.3) is 0 Å². The number of amides is 1. The number of rotatable bonds is 4. The van der Waals surface area contributed by atoms with Crippen LogP contribution in [0.1, 0.15) is 24.4 Å². The minimum atomic E-state index is -3.37. The first kappa shape index (κ1) is 17.5. The predicted molar refractivity (Wildman–Crippen MR) is 87.6 cm³/mol. The van der Waals surface area contributed by atoms with E-state index in [4.69, 9.17) is 23.2 Å². The zero-order valence-corrected chi connectivity index (χ0v) is 14.7. The van der Waals surface area contributed by atoms with Crippen LogP contribution in [0.25, 0.3) is 0 Å². The molecule has 0 aromatic heterocycles. The highest BCUT2D eigenvalue weighted by atomic mass is 35.5. The molecule has 0 saturated carbocycles. The Labute approximate surface area is 140 Å². The molecule has 5 nitrogen and oxygen atoms in total. The van der Waals surface area contributed by atoms with Gasteiger partial charge < -0.3 is 4.90 Å². The highest BCUT2D eigenvalue weighted by Crippen LogP contribution is 2.35. The summed E-state index contributed by atoms with van der Waals surface area (Å²) in [5, 5.41) is 0.921. The smallest absolute Gasteiger partial charge is 0.238 e. The fourth-order valence-corrected chi connectivity index (χ4v) is 3.18. The Hall–Kier alpha value is -0.820. The van der Waals surface area contributed by atoms with E-state index < -0.39 is 10.0 Å². The third-order valence-corrected chi connectivity index (χ3v) is 5.83. The number of carbonyl (C=O) groups excluding carboxylic acids is 1. The number of hydrogen-bond acceptors (Lipinski definition) is 3. The quantitative estimate of drug-likeness (QED) is 0.824. The molecule has 1 aliphatic rings. The summed E-state index contributed by atoms with van der Waals surface area (Å²) in [5.41, 5.74) is 0.919. The van der Waals surface area contributed by atoms with Gasteiger partial charge in [-0.1, -0.05) is 29.3 Å². The number of carbonyl (C=O) groups is 1. The maximum Gasteiger partial charge on any atom is 0.238 e. The Morgan fingerprint density at radius 1 is 1.36 bits per heavy atom. The molecule has 22 heavy (non-hydrogen) atoms. The van der Waals surface area contributed by atoms with E-state index in [2.05, 4.69) is 0 Å². The molecule has 122 valence electrons. The zero-order chi connectivity index (χ0) is 16.5. The van der Waals surface area contributed by atoms with E-state index >= 15 is 0 Å². The first-order valence-electron chi connectivity index (χ1n) is 6.86. The SMILES string of the molecule is CN(CC(=O)N1CCC[C@H]1c1ccc(Cl)c(Cl)c1)S(C)(=O)=O. The van der Waals surface area contributed by atoms with Gasteiger partial charge in [0.15, 0.2) is 0 Å². The second-order valence-corrected chi connectivity index (χ2v) is 8.34. The van der Waals surface area contributed by atoms with Gasteiger partial charge in [-0.15, -0.1) is 0 Å². The van der Waals surface area contributed by atoms with Gasteiger partial charge in [0, 0.05) is 13.6 Å². The van der Waals surface area contributed by atoms with Gasteiger partial charge in [-0.3, -0.25) is 4.79 Å². The standard InChI is InChI=1S/C14H18Cl2N2O3S/c1-17(22(2,20)21)9-14(19)18-7-3-4-13(18)10-5-6-11(15)12(16)8-10/h5-6,8,13H,3-4,7,9H2,1-2H3/t13-/m0/s1. The van der Waals surface area contributed by atoms with Crippen molar-refractivity contribution in [1.29, 1.82) is 0 Å². The average molecular weight is 365 g/mol. The van der Waals surface area contributed by atoms with Gasteiger partial charge >= 0.3 is 0 Å². The molecule has 1 fully saturated rings. The third kappa shape index (κ3) is 3.93. The molecule has 1 saturated heterocycles. The molecule has 0 aliphatic carbocycles. The Bertz CT molecular complexity index is 679. The van der Waals surface area contributed by atoms with Crippen molar-refractivity contribution < 1.29 is 13.2 Å². The van der Waals surface area contributed by atoms with Crippen LogP contribution < -0.4 is 0 Å². The highest BCUT2D eigenvalue weighted by molar-refractivity contribution is 7.88. The number of nitrogens with zero attached hydrogens (tertiary/aromatic N) is 2. The molecule has 1 aromatic carbocycles. The summed E-state index contributed by atoms with van der Waals surface area (Å²) in [6, 6.07) is 5.24. The van der Waals surface area contributed by atoms with Crippen molar-refractivity contribution in [2.24, 2.45) is 0 Å². The molecule has 0 unspecified atom stereocenters. The van der Waals surface area contributed by atoms with Gasteiger partial charge in [-0.05, 0) is 30.5 Å². The molecule has 2 rings (SSSR count). The van der Waals surface area contributed by atoms with Crippen molar-refractivity contribution in [2.45, 2.75) is 18.9 Å². The molecule has 1 aliphatic heterocycles. The number of sulfonamides is 1. The molecule has 8 heteroatoms. The van der Waals surface area contributed by atoms with Crippen LogP contribution in [-0.2, 0) is 14.8 Å². The van der Waals surface area contributed by atoms with Crippen LogP contribution in [0.2, 0.25) is 10.0 Å². The average Bonchev–Trinajstić information content (AvgIpc) is 2.90. The van der Waals surface area contributed by atoms with Gasteiger partial charge in [0.2, 0.25) is 15.9 Å². The Morgan fingerprint density at radius 2 is 2.05 bits per heavy atom. The van der Waals surface area contributed by atoms with E-state index in [1.54, 1.807) is 17.0 Å². The summed E-state index contributed by atoms with van der Waals surface area (Å²) in [4.78, 5) is 14.1. The summed E-state index contributed by atoms with van der Waals surface area (Å²) in [6.45, 7) is 0.456. The van der Waals surface area contributed by atoms with E-state index in [0.717, 1.165) is 29.0 Å². The number of likely N-dealkylation sites (tertiary alicyclic amines) is 1. The zero-order valence-electron chi connectivity index (χ0n) is 12.4. The maximum absolute atomic E-state index is 12.4. The number of halogens is 2. The van der Waals surface area contributed by atoms with Crippen molar-refractivity contribution in [3.63, 3.8) is 0 Å². The number of hydrogen-bond donors (Lipinski definition) is 0. The van der Waals surface area contributed by atoms with Crippen LogP contribution in [0.5, 0.6) is 0 Å². The molecule has 1 aromatic rings. The molecule has 1 heterocycles. The van der Waals surface area contributed by atoms with Crippen LogP contribution >= 0.6 is 23.2 Å². The first-order chi connectivity index (χ1) is 10.2. The Balaban J connectivity index is 2.16. The van der Waals surface area contributed by atoms with Crippen molar-refractivity contribution in [1.82, 2.24) is 9.21 Å². The Morgan fingerprint density at radius 3 is 2.64 bits per heavy atom. The molecule has 1 amide bonds. The predicted octanol–water partition coefficient (Wildman–Crippen LogP) is 2.55. The van der Waals surface area contributed by atoms with Crippen molar-refractivity contribution in [3.8, 4) is 0 Å². The lowest BCUT2D eigenvalue weighted by atomic mass is 10.0. The number of likely N-dealkylation sites (N-methyl/N-ethyl adjacent to an activating group) is 1. The van der Waals surface area contributed by atoms with Gasteiger partial charge in [-0.2, -0.15) is 4.31 Å². The van der Waals surface area contributed by atoms with Gasteiger partial charge in [0.1, 0.15) is 0 Å². The second-order valence-electron chi connectivity index (χ2n) is 5.44. The summed E-state index contributed by atoms with van der Waals surface area (Å²) in [7, 11) is -1.97. The van der Waals surface area contributed by atoms with Crippen molar-refractivity contribution >= 4 is 39.1 Å². The summed E-state index contributed by atoms with van der Waals surface area (Å²) < 4.78 is 23.9. The summed E-state index contributed by atoms with van der Waals surface area (Å²) >= 11 is 12.0. The van der Waals surface area contributed by atoms with E-state index in [1.165, 1.54) is 7.05 Å². The number of benzene rings is 1. The van der Waals surface area contributed by atoms with Crippen LogP contribution in [0, 0.1) is 0 Å². The fourth-order valence-electron chi connectivity index (χ4n) is 2.53. The second kappa shape index (κ2) is 6.74. The van der Waals surface area contributed by atoms with Crippen LogP contribution in [0.3, 0.4) is 0 Å². The van der Waals surface area contributed by atoms with Crippen molar-refractivity contribution in [3.05, 3.63) is 33.8 Å². The van der Waals surface area contributed by atoms with Gasteiger partial charge in [-0.25, -0.2) is 8.42 Å². The molecule has 0 spiro atoms. The lowest BCUT2D eigenvalue weighted by Gasteiger charge is -2.27. The van der Waals surface area contributed by atoms with Crippen LogP contribution in [0.15, 0.2) is 18.2 Å². The summed E-state index contributed by atoms with van der Waals surface area (Å²) in [6.07, 6.45) is 2.78. The topological polar surface area (TPSA) is 57.7 Å². The van der Waals surface area contributed by atoms with E-state index in [1.807, 2.05) is 6.07 Å². The van der Waals surface area contributed by atoms with Crippen LogP contribution in [0.4, 0.5) is 0 Å².